The van der Waals surface area contributed by atoms with Crippen molar-refractivity contribution >= 4 is 34.7 Å². The third-order valence-corrected chi connectivity index (χ3v) is 4.68. The Hall–Kier alpha value is -2.09. The summed E-state index contributed by atoms with van der Waals surface area (Å²) < 4.78 is 11.9. The molecule has 0 saturated heterocycles. The molecule has 26 heavy (non-hydrogen) atoms. The van der Waals surface area contributed by atoms with Crippen LogP contribution < -0.4 is 14.9 Å². The minimum absolute atomic E-state index is 0.155. The third kappa shape index (κ3) is 5.45. The van der Waals surface area contributed by atoms with E-state index in [1.807, 2.05) is 44.2 Å². The minimum atomic E-state index is -0.155. The van der Waals surface area contributed by atoms with Gasteiger partial charge < -0.3 is 9.47 Å². The molecular formula is C20H23IN2O3. The molecule has 6 heteroatoms. The van der Waals surface area contributed by atoms with Crippen molar-refractivity contribution in [3.05, 3.63) is 56.2 Å². The number of hydrogen-bond donors (Lipinski definition) is 1. The van der Waals surface area contributed by atoms with Gasteiger partial charge >= 0.3 is 0 Å². The Morgan fingerprint density at radius 1 is 1.23 bits per heavy atom. The first kappa shape index (κ1) is 20.2. The molecule has 0 bridgehead atoms. The van der Waals surface area contributed by atoms with Crippen molar-refractivity contribution in [3.8, 4) is 11.5 Å². The molecular weight excluding hydrogens is 443 g/mol. The van der Waals surface area contributed by atoms with Crippen LogP contribution in [-0.4, -0.2) is 25.8 Å². The number of carbonyl (C=O) groups is 1. The van der Waals surface area contributed by atoms with Crippen LogP contribution in [0.25, 0.3) is 0 Å². The van der Waals surface area contributed by atoms with Gasteiger partial charge in [0.25, 0.3) is 0 Å². The van der Waals surface area contributed by atoms with Gasteiger partial charge in [0.2, 0.25) is 5.91 Å². The van der Waals surface area contributed by atoms with Crippen molar-refractivity contribution < 1.29 is 14.3 Å². The van der Waals surface area contributed by atoms with Crippen molar-refractivity contribution in [1.29, 1.82) is 0 Å². The summed E-state index contributed by atoms with van der Waals surface area (Å²) in [5.74, 6) is 1.20. The normalized spacial score (nSPS) is 10.8. The predicted molar refractivity (Wildman–Crippen MR) is 112 cm³/mol. The van der Waals surface area contributed by atoms with Crippen molar-refractivity contribution in [3.63, 3.8) is 0 Å². The van der Waals surface area contributed by atoms with E-state index in [4.69, 9.17) is 9.47 Å². The Morgan fingerprint density at radius 3 is 2.65 bits per heavy atom. The van der Waals surface area contributed by atoms with E-state index in [0.29, 0.717) is 24.5 Å². The van der Waals surface area contributed by atoms with Crippen LogP contribution in [0.4, 0.5) is 0 Å². The minimum Gasteiger partial charge on any atom is -0.492 e. The largest absolute Gasteiger partial charge is 0.492 e. The zero-order valence-corrected chi connectivity index (χ0v) is 17.6. The number of carbonyl (C=O) groups excluding carboxylic acids is 1. The molecule has 0 aliphatic carbocycles. The van der Waals surface area contributed by atoms with Crippen LogP contribution in [0.5, 0.6) is 11.5 Å². The van der Waals surface area contributed by atoms with Crippen LogP contribution in [0, 0.1) is 17.4 Å². The SMILES string of the molecule is CCOc1cc(/C=N\NC(=O)Cc2ccc(C)c(C)c2)cc(I)c1OC. The van der Waals surface area contributed by atoms with Crippen LogP contribution in [0.1, 0.15) is 29.2 Å². The van der Waals surface area contributed by atoms with Crippen molar-refractivity contribution in [2.45, 2.75) is 27.2 Å². The van der Waals surface area contributed by atoms with Gasteiger partial charge in [0.05, 0.1) is 29.9 Å². The molecule has 0 spiro atoms. The lowest BCUT2D eigenvalue weighted by molar-refractivity contribution is -0.120. The number of methoxy groups -OCH3 is 1. The van der Waals surface area contributed by atoms with E-state index in [-0.39, 0.29) is 5.91 Å². The Balaban J connectivity index is 2.03. The molecule has 0 atom stereocenters. The second kappa shape index (κ2) is 9.56. The van der Waals surface area contributed by atoms with Gasteiger partial charge in [-0.1, -0.05) is 18.2 Å². The van der Waals surface area contributed by atoms with E-state index in [1.165, 1.54) is 11.1 Å². The number of hydrogen-bond acceptors (Lipinski definition) is 4. The van der Waals surface area contributed by atoms with E-state index in [2.05, 4.69) is 40.0 Å². The molecule has 1 N–H and O–H groups in total. The van der Waals surface area contributed by atoms with Crippen molar-refractivity contribution in [1.82, 2.24) is 5.43 Å². The number of amides is 1. The summed E-state index contributed by atoms with van der Waals surface area (Å²) in [6, 6.07) is 9.77. The Labute approximate surface area is 167 Å². The molecule has 0 radical (unpaired) electrons. The number of aryl methyl sites for hydroxylation is 2. The second-order valence-corrected chi connectivity index (χ2v) is 7.02. The quantitative estimate of drug-likeness (QED) is 0.381. The monoisotopic (exact) mass is 466 g/mol. The van der Waals surface area contributed by atoms with E-state index in [0.717, 1.165) is 14.7 Å². The standard InChI is InChI=1S/C20H23IN2O3/c1-5-26-18-10-16(9-17(21)20(18)25-4)12-22-23-19(24)11-15-7-6-13(2)14(3)8-15/h6-10,12H,5,11H2,1-4H3,(H,23,24)/b22-12-. The first-order chi connectivity index (χ1) is 12.4. The van der Waals surface area contributed by atoms with E-state index >= 15 is 0 Å². The smallest absolute Gasteiger partial charge is 0.244 e. The number of rotatable bonds is 7. The summed E-state index contributed by atoms with van der Waals surface area (Å²) in [6.45, 7) is 6.55. The highest BCUT2D eigenvalue weighted by molar-refractivity contribution is 14.1. The highest BCUT2D eigenvalue weighted by atomic mass is 127. The number of benzene rings is 2. The summed E-state index contributed by atoms with van der Waals surface area (Å²) in [5.41, 5.74) is 6.75. The van der Waals surface area contributed by atoms with Gasteiger partial charge in [-0.3, -0.25) is 4.79 Å². The lowest BCUT2D eigenvalue weighted by Gasteiger charge is -2.11. The fraction of sp³-hybridized carbons (Fsp3) is 0.300. The molecule has 2 aromatic rings. The first-order valence-electron chi connectivity index (χ1n) is 8.33. The molecule has 2 rings (SSSR count). The number of hydrazone groups is 1. The predicted octanol–water partition coefficient (Wildman–Crippen LogP) is 4.01. The molecule has 0 unspecified atom stereocenters. The molecule has 0 aliphatic heterocycles. The van der Waals surface area contributed by atoms with Gasteiger partial charge in [-0.05, 0) is 77.7 Å². The maximum atomic E-state index is 12.1. The molecule has 2 aromatic carbocycles. The van der Waals surface area contributed by atoms with Crippen LogP contribution in [0.2, 0.25) is 0 Å². The van der Waals surface area contributed by atoms with Crippen LogP contribution in [0.15, 0.2) is 35.4 Å². The third-order valence-electron chi connectivity index (χ3n) is 3.87. The lowest BCUT2D eigenvalue weighted by Crippen LogP contribution is -2.19. The Bertz CT molecular complexity index is 819. The number of ether oxygens (including phenoxy) is 2. The average Bonchev–Trinajstić information content (AvgIpc) is 2.58. The first-order valence-corrected chi connectivity index (χ1v) is 9.40. The van der Waals surface area contributed by atoms with E-state index in [9.17, 15) is 4.79 Å². The van der Waals surface area contributed by atoms with Gasteiger partial charge in [-0.15, -0.1) is 0 Å². The summed E-state index contributed by atoms with van der Waals surface area (Å²) >= 11 is 2.18. The average molecular weight is 466 g/mol. The molecule has 0 heterocycles. The fourth-order valence-electron chi connectivity index (χ4n) is 2.44. The van der Waals surface area contributed by atoms with Gasteiger partial charge in [0.1, 0.15) is 0 Å². The van der Waals surface area contributed by atoms with Crippen LogP contribution >= 0.6 is 22.6 Å². The molecule has 0 fully saturated rings. The maximum Gasteiger partial charge on any atom is 0.244 e. The molecule has 1 amide bonds. The number of nitrogens with zero attached hydrogens (tertiary/aromatic N) is 1. The van der Waals surface area contributed by atoms with Crippen molar-refractivity contribution in [2.75, 3.05) is 13.7 Å². The maximum absolute atomic E-state index is 12.1. The fourth-order valence-corrected chi connectivity index (χ4v) is 3.29. The van der Waals surface area contributed by atoms with Gasteiger partial charge in [-0.25, -0.2) is 5.43 Å². The zero-order chi connectivity index (χ0) is 19.1. The zero-order valence-electron chi connectivity index (χ0n) is 15.4. The Morgan fingerprint density at radius 2 is 2.00 bits per heavy atom. The van der Waals surface area contributed by atoms with E-state index in [1.54, 1.807) is 13.3 Å². The highest BCUT2D eigenvalue weighted by Gasteiger charge is 2.10. The van der Waals surface area contributed by atoms with Crippen LogP contribution in [-0.2, 0) is 11.2 Å². The van der Waals surface area contributed by atoms with Gasteiger partial charge in [0, 0.05) is 0 Å². The number of nitrogens with one attached hydrogen (secondary N) is 1. The Kier molecular flexibility index (Phi) is 7.44. The molecule has 138 valence electrons. The lowest BCUT2D eigenvalue weighted by atomic mass is 10.0. The summed E-state index contributed by atoms with van der Waals surface area (Å²) in [5, 5.41) is 4.05. The molecule has 0 aliphatic rings. The summed E-state index contributed by atoms with van der Waals surface area (Å²) in [7, 11) is 1.61. The number of halogens is 1. The molecule has 0 aromatic heterocycles. The highest BCUT2D eigenvalue weighted by Crippen LogP contribution is 2.33. The summed E-state index contributed by atoms with van der Waals surface area (Å²) in [6.07, 6.45) is 1.89. The van der Waals surface area contributed by atoms with E-state index < -0.39 is 0 Å². The van der Waals surface area contributed by atoms with Gasteiger partial charge in [-0.2, -0.15) is 5.10 Å². The second-order valence-electron chi connectivity index (χ2n) is 5.86. The summed E-state index contributed by atoms with van der Waals surface area (Å²) in [4.78, 5) is 12.1. The van der Waals surface area contributed by atoms with Crippen molar-refractivity contribution in [2.24, 2.45) is 5.10 Å². The topological polar surface area (TPSA) is 59.9 Å². The van der Waals surface area contributed by atoms with Gasteiger partial charge in [0.15, 0.2) is 11.5 Å². The molecule has 0 saturated carbocycles. The van der Waals surface area contributed by atoms with Crippen LogP contribution in [0.3, 0.4) is 0 Å². The molecule has 5 nitrogen and oxygen atoms in total.